The molecule has 0 saturated heterocycles. The summed E-state index contributed by atoms with van der Waals surface area (Å²) in [5.41, 5.74) is -0.472. The summed E-state index contributed by atoms with van der Waals surface area (Å²) in [7, 11) is 0. The minimum absolute atomic E-state index is 0.00953. The van der Waals surface area contributed by atoms with Crippen molar-refractivity contribution in [3.8, 4) is 0 Å². The maximum atomic E-state index is 13.4. The summed E-state index contributed by atoms with van der Waals surface area (Å²) >= 11 is 0. The molecular formula is C57H103N5O13. The molecule has 18 heteroatoms. The number of aliphatic hydroxyl groups is 3. The molecule has 18 nitrogen and oxygen atoms in total. The molecule has 0 radical (unpaired) electrons. The number of nitrogens with zero attached hydrogens (tertiary/aromatic N) is 3. The second-order valence-corrected chi connectivity index (χ2v) is 24.9. The normalized spacial score (nSPS) is 20.7. The highest BCUT2D eigenvalue weighted by molar-refractivity contribution is 5.87. The molecule has 2 rings (SSSR count). The number of unbranched alkanes of at least 4 members (excludes halogenated alkanes) is 3. The number of rotatable bonds is 27. The average Bonchev–Trinajstić information content (AvgIpc) is 3.27. The minimum atomic E-state index is -0.461. The first kappa shape index (κ1) is 70.7. The third-order valence-electron chi connectivity index (χ3n) is 13.1. The van der Waals surface area contributed by atoms with E-state index in [1.54, 1.807) is 29.7 Å². The predicted octanol–water partition coefficient (Wildman–Crippen LogP) is 8.98. The van der Waals surface area contributed by atoms with Gasteiger partial charge in [-0.05, 0) is 161 Å². The number of hydrogen-bond acceptors (Lipinski definition) is 14. The minimum Gasteiger partial charge on any atom is -0.466 e. The summed E-state index contributed by atoms with van der Waals surface area (Å²) < 4.78 is 21.4. The van der Waals surface area contributed by atoms with Crippen LogP contribution in [0, 0.1) is 21.7 Å². The number of urea groups is 2. The Balaban J connectivity index is 0.00000137. The number of nitrogens with one attached hydrogen (secondary N) is 2. The zero-order chi connectivity index (χ0) is 57.7. The largest absolute Gasteiger partial charge is 0.466 e. The van der Waals surface area contributed by atoms with Crippen molar-refractivity contribution in [2.45, 2.75) is 210 Å². The molecule has 0 aromatic heterocycles. The number of isocyanates is 1. The van der Waals surface area contributed by atoms with Gasteiger partial charge in [-0.25, -0.2) is 29.0 Å². The second kappa shape index (κ2) is 34.4. The van der Waals surface area contributed by atoms with Crippen LogP contribution in [0.15, 0.2) is 29.3 Å². The summed E-state index contributed by atoms with van der Waals surface area (Å²) in [6.07, 6.45) is 12.5. The van der Waals surface area contributed by atoms with E-state index in [-0.39, 0.29) is 97.9 Å². The maximum Gasteiger partial charge on any atom is 0.333 e. The molecular weight excluding hydrogens is 963 g/mol. The Hall–Kier alpha value is -4.35. The molecule has 75 heavy (non-hydrogen) atoms. The van der Waals surface area contributed by atoms with Gasteiger partial charge in [0.1, 0.15) is 13.2 Å². The maximum absolute atomic E-state index is 13.4. The first-order valence-electron chi connectivity index (χ1n) is 27.1. The van der Waals surface area contributed by atoms with E-state index < -0.39 is 23.0 Å². The van der Waals surface area contributed by atoms with Gasteiger partial charge in [-0.2, -0.15) is 0 Å². The molecule has 0 aromatic carbocycles. The van der Waals surface area contributed by atoms with Gasteiger partial charge in [-0.1, -0.05) is 54.7 Å². The zero-order valence-electron chi connectivity index (χ0n) is 49.0. The smallest absolute Gasteiger partial charge is 0.333 e. The Labute approximate surface area is 451 Å². The molecule has 0 aromatic rings. The van der Waals surface area contributed by atoms with Crippen LogP contribution in [-0.4, -0.2) is 157 Å². The number of ether oxygens (including phenoxy) is 4. The zero-order valence-corrected chi connectivity index (χ0v) is 49.0. The average molecular weight is 1070 g/mol. The molecule has 5 N–H and O–H groups in total. The predicted molar refractivity (Wildman–Crippen MR) is 294 cm³/mol. The summed E-state index contributed by atoms with van der Waals surface area (Å²) in [4.78, 5) is 80.1. The molecule has 0 bridgehead atoms. The number of carbonyl (C=O) groups is 5. The number of aliphatic hydroxyl groups excluding tert-OH is 3. The van der Waals surface area contributed by atoms with E-state index in [9.17, 15) is 28.8 Å². The van der Waals surface area contributed by atoms with E-state index in [1.807, 2.05) is 41.5 Å². The SMILES string of the molecule is C=C(C)C(=O)OCCN(C(=O)NC1CC(C)(C)CC(C)(CCC(=O)OCCCCOCCCCO)C1)C(C)(C)C.C=C(C)C(=O)OCCN(C(=O)NC1CC(C)(C)CC(C)(CN=C=O)C1)C(C)(C)C.OCCCCO. The number of aliphatic imine (C=N–C) groups is 1. The fourth-order valence-corrected chi connectivity index (χ4v) is 10.3. The van der Waals surface area contributed by atoms with Gasteiger partial charge in [0.15, 0.2) is 0 Å². The van der Waals surface area contributed by atoms with Crippen molar-refractivity contribution in [1.82, 2.24) is 20.4 Å². The van der Waals surface area contributed by atoms with Crippen molar-refractivity contribution in [3.05, 3.63) is 24.3 Å². The third-order valence-corrected chi connectivity index (χ3v) is 13.1. The number of amides is 4. The van der Waals surface area contributed by atoms with Gasteiger partial charge >= 0.3 is 30.0 Å². The molecule has 434 valence electrons. The van der Waals surface area contributed by atoms with Crippen molar-refractivity contribution >= 4 is 36.1 Å². The highest BCUT2D eigenvalue weighted by atomic mass is 16.5. The fraction of sp³-hybridized carbons (Fsp3) is 0.825. The van der Waals surface area contributed by atoms with Crippen molar-refractivity contribution in [2.24, 2.45) is 26.7 Å². The quantitative estimate of drug-likeness (QED) is 0.0129. The molecule has 2 aliphatic rings. The molecule has 0 heterocycles. The molecule has 2 aliphatic carbocycles. The van der Waals surface area contributed by atoms with Crippen molar-refractivity contribution in [3.63, 3.8) is 0 Å². The molecule has 4 atom stereocenters. The standard InChI is InChI=1S/C31H56N2O7.C22H37N3O4.C4H10O2/c1-24(2)27(36)40-20-15-33(29(3,4)5)28(37)32-25-21-30(6,7)23-31(8,22-25)14-13-26(35)39-19-12-11-18-38-17-10-9-16-34;1-16(2)18(27)29-10-9-25(20(3,4)5)19(28)24-17-11-21(6,7)13-22(8,12-17)14-23-15-26;5-3-1-2-4-6/h25,34H,1,9-23H2,2-8H3,(H,32,37);17H,1,9-14H2,2-8H3,(H,24,28);5-6H,1-4H2. The van der Waals surface area contributed by atoms with Crippen LogP contribution < -0.4 is 10.6 Å². The molecule has 2 saturated carbocycles. The molecule has 4 unspecified atom stereocenters. The fourth-order valence-electron chi connectivity index (χ4n) is 10.3. The summed E-state index contributed by atoms with van der Waals surface area (Å²) in [6.45, 7) is 38.6. The lowest BCUT2D eigenvalue weighted by atomic mass is 9.61. The van der Waals surface area contributed by atoms with Gasteiger partial charge in [0.05, 0.1) is 26.2 Å². The van der Waals surface area contributed by atoms with Crippen molar-refractivity contribution in [2.75, 3.05) is 72.5 Å². The number of carbonyl (C=O) groups excluding carboxylic acids is 6. The van der Waals surface area contributed by atoms with E-state index >= 15 is 0 Å². The Morgan fingerprint density at radius 1 is 0.600 bits per heavy atom. The lowest BCUT2D eigenvalue weighted by Crippen LogP contribution is -2.56. The summed E-state index contributed by atoms with van der Waals surface area (Å²) in [5.74, 6) is -1.10. The van der Waals surface area contributed by atoms with Crippen LogP contribution in [0.5, 0.6) is 0 Å². The van der Waals surface area contributed by atoms with Gasteiger partial charge in [0.2, 0.25) is 6.08 Å². The lowest BCUT2D eigenvalue weighted by Gasteiger charge is -2.47. The van der Waals surface area contributed by atoms with Gasteiger partial charge in [-0.3, -0.25) is 4.79 Å². The third kappa shape index (κ3) is 31.5. The Kier molecular flexibility index (Phi) is 32.4. The van der Waals surface area contributed by atoms with Crippen LogP contribution in [0.3, 0.4) is 0 Å². The van der Waals surface area contributed by atoms with Crippen LogP contribution in [-0.2, 0) is 38.1 Å². The monoisotopic (exact) mass is 1070 g/mol. The van der Waals surface area contributed by atoms with Crippen LogP contribution >= 0.6 is 0 Å². The van der Waals surface area contributed by atoms with E-state index in [0.717, 1.165) is 77.0 Å². The van der Waals surface area contributed by atoms with Gasteiger partial charge in [0, 0.05) is 73.8 Å². The Morgan fingerprint density at radius 3 is 1.39 bits per heavy atom. The van der Waals surface area contributed by atoms with E-state index in [0.29, 0.717) is 50.4 Å². The van der Waals surface area contributed by atoms with Gasteiger partial charge in [-0.15, -0.1) is 0 Å². The van der Waals surface area contributed by atoms with E-state index in [4.69, 9.17) is 34.3 Å². The van der Waals surface area contributed by atoms with Crippen LogP contribution in [0.25, 0.3) is 0 Å². The lowest BCUT2D eigenvalue weighted by molar-refractivity contribution is -0.145. The summed E-state index contributed by atoms with van der Waals surface area (Å²) in [6, 6.07) is -0.424. The van der Waals surface area contributed by atoms with Crippen LogP contribution in [0.4, 0.5) is 9.59 Å². The number of hydrogen-bond donors (Lipinski definition) is 5. The molecule has 0 spiro atoms. The van der Waals surface area contributed by atoms with Crippen molar-refractivity contribution < 1.29 is 63.0 Å². The first-order chi connectivity index (χ1) is 34.7. The van der Waals surface area contributed by atoms with Gasteiger partial charge < -0.3 is 54.7 Å². The number of esters is 3. The molecule has 2 fully saturated rings. The Morgan fingerprint density at radius 2 is 0.987 bits per heavy atom. The van der Waals surface area contributed by atoms with Gasteiger partial charge in [0.25, 0.3) is 0 Å². The van der Waals surface area contributed by atoms with Crippen LogP contribution in [0.1, 0.15) is 187 Å². The molecule has 4 amide bonds. The highest BCUT2D eigenvalue weighted by Crippen LogP contribution is 2.49. The Bertz CT molecular complexity index is 1810. The second-order valence-electron chi connectivity index (χ2n) is 24.9. The van der Waals surface area contributed by atoms with Crippen molar-refractivity contribution in [1.29, 1.82) is 0 Å². The van der Waals surface area contributed by atoms with E-state index in [1.165, 1.54) is 0 Å². The first-order valence-corrected chi connectivity index (χ1v) is 27.1. The highest BCUT2D eigenvalue weighted by Gasteiger charge is 2.44. The van der Waals surface area contributed by atoms with Crippen LogP contribution in [0.2, 0.25) is 0 Å². The summed E-state index contributed by atoms with van der Waals surface area (Å²) in [5, 5.41) is 31.3. The topological polar surface area (TPSA) is 243 Å². The molecule has 0 aliphatic heterocycles. The van der Waals surface area contributed by atoms with E-state index in [2.05, 4.69) is 70.3 Å².